The van der Waals surface area contributed by atoms with Gasteiger partial charge in [0.25, 0.3) is 0 Å². The van der Waals surface area contributed by atoms with Gasteiger partial charge < -0.3 is 10.3 Å². The molecular weight excluding hydrogens is 501 g/mol. The molecule has 0 radical (unpaired) electrons. The maximum absolute atomic E-state index is 14.2. The van der Waals surface area contributed by atoms with E-state index in [4.69, 9.17) is 4.98 Å². The van der Waals surface area contributed by atoms with Gasteiger partial charge in [-0.05, 0) is 79.3 Å². The molecule has 5 rings (SSSR count). The van der Waals surface area contributed by atoms with E-state index in [2.05, 4.69) is 57.5 Å². The summed E-state index contributed by atoms with van der Waals surface area (Å²) in [5.41, 5.74) is 8.55. The Bertz CT molecular complexity index is 1780. The maximum Gasteiger partial charge on any atom is 0.178 e. The molecule has 0 unspecified atom stereocenters. The number of rotatable bonds is 9. The summed E-state index contributed by atoms with van der Waals surface area (Å²) in [6, 6.07) is 8.81. The molecule has 0 amide bonds. The first-order valence-corrected chi connectivity index (χ1v) is 13.2. The first-order chi connectivity index (χ1) is 19.2. The SMILES string of the molecule is C=C/C(=C\C(=C/C)c1cc2c(-c3nc4nccc(-c5cc(C)cc(F)c5)c4[nH]3)n[nH]c2cn1)NC(=C)CC(C)C. The number of allylic oxidation sites excluding steroid dienone is 5. The zero-order valence-corrected chi connectivity index (χ0v) is 23.1. The Labute approximate surface area is 232 Å². The summed E-state index contributed by atoms with van der Waals surface area (Å²) < 4.78 is 14.2. The highest BCUT2D eigenvalue weighted by molar-refractivity contribution is 5.96. The molecular formula is C32H32FN7. The van der Waals surface area contributed by atoms with Crippen LogP contribution in [0.2, 0.25) is 0 Å². The predicted molar refractivity (Wildman–Crippen MR) is 161 cm³/mol. The van der Waals surface area contributed by atoms with Gasteiger partial charge in [0, 0.05) is 28.5 Å². The number of nitrogens with zero attached hydrogens (tertiary/aromatic N) is 4. The lowest BCUT2D eigenvalue weighted by Crippen LogP contribution is -2.12. The van der Waals surface area contributed by atoms with E-state index in [1.54, 1.807) is 18.5 Å². The molecule has 0 fully saturated rings. The van der Waals surface area contributed by atoms with Crippen LogP contribution in [0.3, 0.4) is 0 Å². The molecule has 3 N–H and O–H groups in total. The lowest BCUT2D eigenvalue weighted by Gasteiger charge is -2.13. The monoisotopic (exact) mass is 533 g/mol. The Morgan fingerprint density at radius 3 is 2.73 bits per heavy atom. The van der Waals surface area contributed by atoms with E-state index in [0.717, 1.165) is 56.7 Å². The summed E-state index contributed by atoms with van der Waals surface area (Å²) in [5, 5.41) is 11.8. The summed E-state index contributed by atoms with van der Waals surface area (Å²) in [5.74, 6) is 0.770. The van der Waals surface area contributed by atoms with Crippen LogP contribution in [0.1, 0.15) is 38.4 Å². The molecule has 0 spiro atoms. The van der Waals surface area contributed by atoms with Crippen molar-refractivity contribution < 1.29 is 4.39 Å². The average molecular weight is 534 g/mol. The first-order valence-electron chi connectivity index (χ1n) is 13.2. The summed E-state index contributed by atoms with van der Waals surface area (Å²) in [6.07, 6.45) is 10.1. The highest BCUT2D eigenvalue weighted by Gasteiger charge is 2.17. The fraction of sp³-hybridized carbons (Fsp3) is 0.188. The molecule has 202 valence electrons. The van der Waals surface area contributed by atoms with Gasteiger partial charge in [-0.3, -0.25) is 10.1 Å². The van der Waals surface area contributed by atoms with Gasteiger partial charge in [0.05, 0.1) is 22.9 Å². The zero-order chi connectivity index (χ0) is 28.4. The van der Waals surface area contributed by atoms with Crippen molar-refractivity contribution in [1.29, 1.82) is 0 Å². The van der Waals surface area contributed by atoms with Crippen molar-refractivity contribution in [3.05, 3.63) is 103 Å². The highest BCUT2D eigenvalue weighted by atomic mass is 19.1. The second kappa shape index (κ2) is 11.1. The number of halogens is 1. The van der Waals surface area contributed by atoms with Gasteiger partial charge in [-0.25, -0.2) is 14.4 Å². The van der Waals surface area contributed by atoms with E-state index >= 15 is 0 Å². The fourth-order valence-electron chi connectivity index (χ4n) is 4.78. The number of imidazole rings is 1. The quantitative estimate of drug-likeness (QED) is 0.169. The van der Waals surface area contributed by atoms with Crippen molar-refractivity contribution in [3.63, 3.8) is 0 Å². The number of aromatic amines is 2. The fourth-order valence-corrected chi connectivity index (χ4v) is 4.78. The van der Waals surface area contributed by atoms with Gasteiger partial charge in [-0.2, -0.15) is 5.10 Å². The number of pyridine rings is 2. The third-order valence-corrected chi connectivity index (χ3v) is 6.53. The highest BCUT2D eigenvalue weighted by Crippen LogP contribution is 2.32. The molecule has 40 heavy (non-hydrogen) atoms. The smallest absolute Gasteiger partial charge is 0.178 e. The molecule has 8 heteroatoms. The summed E-state index contributed by atoms with van der Waals surface area (Å²) in [6.45, 7) is 16.2. The van der Waals surface area contributed by atoms with Crippen molar-refractivity contribution in [1.82, 2.24) is 35.5 Å². The molecule has 1 aromatic carbocycles. The van der Waals surface area contributed by atoms with Crippen LogP contribution in [0.5, 0.6) is 0 Å². The molecule has 0 aliphatic rings. The van der Waals surface area contributed by atoms with E-state index in [1.807, 2.05) is 44.2 Å². The third kappa shape index (κ3) is 5.47. The van der Waals surface area contributed by atoms with Crippen LogP contribution in [0, 0.1) is 18.7 Å². The molecule has 0 saturated heterocycles. The third-order valence-electron chi connectivity index (χ3n) is 6.53. The second-order valence-corrected chi connectivity index (χ2v) is 10.2. The maximum atomic E-state index is 14.2. The molecule has 0 aliphatic carbocycles. The predicted octanol–water partition coefficient (Wildman–Crippen LogP) is 7.63. The molecule has 0 aliphatic heterocycles. The molecule has 5 aromatic rings. The van der Waals surface area contributed by atoms with Gasteiger partial charge >= 0.3 is 0 Å². The van der Waals surface area contributed by atoms with E-state index in [1.165, 1.54) is 12.1 Å². The second-order valence-electron chi connectivity index (χ2n) is 10.2. The molecule has 7 nitrogen and oxygen atoms in total. The van der Waals surface area contributed by atoms with Crippen LogP contribution in [-0.4, -0.2) is 30.1 Å². The number of aromatic nitrogens is 6. The Hall–Kier alpha value is -4.85. The van der Waals surface area contributed by atoms with Crippen LogP contribution in [-0.2, 0) is 0 Å². The van der Waals surface area contributed by atoms with Crippen molar-refractivity contribution >= 4 is 27.6 Å². The van der Waals surface area contributed by atoms with Crippen molar-refractivity contribution in [3.8, 4) is 22.6 Å². The molecule has 0 saturated carbocycles. The van der Waals surface area contributed by atoms with Crippen LogP contribution in [0.15, 0.2) is 85.5 Å². The van der Waals surface area contributed by atoms with Crippen molar-refractivity contribution in [2.45, 2.75) is 34.1 Å². The lowest BCUT2D eigenvalue weighted by atomic mass is 10.0. The number of hydrogen-bond donors (Lipinski definition) is 3. The Balaban J connectivity index is 1.54. The Kier molecular flexibility index (Phi) is 7.42. The number of fused-ring (bicyclic) bond motifs is 2. The summed E-state index contributed by atoms with van der Waals surface area (Å²) >= 11 is 0. The zero-order valence-electron chi connectivity index (χ0n) is 23.1. The lowest BCUT2D eigenvalue weighted by molar-refractivity contribution is 0.622. The molecule has 0 bridgehead atoms. The minimum atomic E-state index is -0.286. The van der Waals surface area contributed by atoms with Gasteiger partial charge in [-0.15, -0.1) is 0 Å². The summed E-state index contributed by atoms with van der Waals surface area (Å²) in [4.78, 5) is 17.2. The van der Waals surface area contributed by atoms with E-state index in [-0.39, 0.29) is 5.82 Å². The normalized spacial score (nSPS) is 12.4. The van der Waals surface area contributed by atoms with Crippen molar-refractivity contribution in [2.75, 3.05) is 0 Å². The van der Waals surface area contributed by atoms with Crippen molar-refractivity contribution in [2.24, 2.45) is 5.92 Å². The molecule has 4 heterocycles. The minimum Gasteiger partial charge on any atom is -0.359 e. The minimum absolute atomic E-state index is 0.286. The first kappa shape index (κ1) is 26.7. The number of hydrogen-bond acceptors (Lipinski definition) is 5. The van der Waals surface area contributed by atoms with E-state index in [9.17, 15) is 4.39 Å². The summed E-state index contributed by atoms with van der Waals surface area (Å²) in [7, 11) is 0. The van der Waals surface area contributed by atoms with Crippen LogP contribution >= 0.6 is 0 Å². The van der Waals surface area contributed by atoms with Crippen LogP contribution in [0.4, 0.5) is 4.39 Å². The van der Waals surface area contributed by atoms with Gasteiger partial charge in [-0.1, -0.05) is 39.1 Å². The number of nitrogens with one attached hydrogen (secondary N) is 3. The topological polar surface area (TPSA) is 95.2 Å². The van der Waals surface area contributed by atoms with Crippen LogP contribution in [0.25, 0.3) is 50.3 Å². The Morgan fingerprint density at radius 2 is 2.00 bits per heavy atom. The number of aryl methyl sites for hydroxylation is 1. The number of benzene rings is 1. The average Bonchev–Trinajstić information content (AvgIpc) is 3.53. The Morgan fingerprint density at radius 1 is 1.18 bits per heavy atom. The van der Waals surface area contributed by atoms with Gasteiger partial charge in [0.2, 0.25) is 0 Å². The molecule has 4 aromatic heterocycles. The number of H-pyrrole nitrogens is 2. The van der Waals surface area contributed by atoms with Gasteiger partial charge in [0.1, 0.15) is 11.5 Å². The largest absolute Gasteiger partial charge is 0.359 e. The van der Waals surface area contributed by atoms with Crippen LogP contribution < -0.4 is 5.32 Å². The van der Waals surface area contributed by atoms with E-state index < -0.39 is 0 Å². The van der Waals surface area contributed by atoms with E-state index in [0.29, 0.717) is 28.6 Å². The molecule has 0 atom stereocenters. The van der Waals surface area contributed by atoms with Gasteiger partial charge in [0.15, 0.2) is 11.5 Å². The standard InChI is InChI=1S/C32H32FN7/c1-7-21(15-24(8-2)36-20(6)11-18(3)4)27-16-26-28(17-35-27)39-40-30(26)32-37-29-25(9-10-34-31(29)38-32)22-12-19(5)13-23(33)14-22/h7-10,12-18,36H,2,6,11H2,1,3-5H3,(H,39,40)(H,34,37,38)/b21-7+,24-15+.